The van der Waals surface area contributed by atoms with Crippen molar-refractivity contribution in [1.82, 2.24) is 4.90 Å². The topological polar surface area (TPSA) is 49.5 Å². The van der Waals surface area contributed by atoms with E-state index in [1.54, 1.807) is 0 Å². The molecule has 0 aromatic carbocycles. The van der Waals surface area contributed by atoms with Gasteiger partial charge in [-0.1, -0.05) is 0 Å². The van der Waals surface area contributed by atoms with Gasteiger partial charge in [0.1, 0.15) is 0 Å². The Labute approximate surface area is 79.9 Å². The van der Waals surface area contributed by atoms with E-state index < -0.39 is 0 Å². The highest BCUT2D eigenvalue weighted by Crippen LogP contribution is 2.34. The first kappa shape index (κ1) is 9.44. The number of aliphatic hydroxyl groups is 1. The highest BCUT2D eigenvalue weighted by molar-refractivity contribution is 4.98. The molecular formula is C10H19N2O. The van der Waals surface area contributed by atoms with Gasteiger partial charge in [0, 0.05) is 25.2 Å². The van der Waals surface area contributed by atoms with Crippen molar-refractivity contribution in [3.05, 3.63) is 6.42 Å². The number of nitrogens with two attached hydrogens (primary N) is 1. The summed E-state index contributed by atoms with van der Waals surface area (Å²) >= 11 is 0. The summed E-state index contributed by atoms with van der Waals surface area (Å²) in [5.41, 5.74) is 5.42. The lowest BCUT2D eigenvalue weighted by Gasteiger charge is -2.35. The molecular weight excluding hydrogens is 164 g/mol. The van der Waals surface area contributed by atoms with Crippen LogP contribution in [0, 0.1) is 6.42 Å². The van der Waals surface area contributed by atoms with Crippen molar-refractivity contribution in [1.29, 1.82) is 0 Å². The minimum Gasteiger partial charge on any atom is -0.390 e. The van der Waals surface area contributed by atoms with Crippen LogP contribution in [0.15, 0.2) is 0 Å². The Morgan fingerprint density at radius 1 is 1.38 bits per heavy atom. The maximum Gasteiger partial charge on any atom is 0.0789 e. The molecule has 1 unspecified atom stereocenters. The molecule has 2 heterocycles. The normalized spacial score (nSPS) is 36.5. The zero-order chi connectivity index (χ0) is 9.26. The van der Waals surface area contributed by atoms with E-state index in [4.69, 9.17) is 5.73 Å². The number of rotatable bonds is 3. The first-order valence-corrected chi connectivity index (χ1v) is 5.27. The number of hydrogen-bond acceptors (Lipinski definition) is 3. The monoisotopic (exact) mass is 183 g/mol. The van der Waals surface area contributed by atoms with Gasteiger partial charge in [-0.25, -0.2) is 0 Å². The van der Waals surface area contributed by atoms with Crippen molar-refractivity contribution in [2.45, 2.75) is 43.9 Å². The summed E-state index contributed by atoms with van der Waals surface area (Å²) in [6.45, 7) is 1.17. The van der Waals surface area contributed by atoms with Gasteiger partial charge in [0.05, 0.1) is 6.10 Å². The van der Waals surface area contributed by atoms with Gasteiger partial charge >= 0.3 is 0 Å². The van der Waals surface area contributed by atoms with Gasteiger partial charge < -0.3 is 10.8 Å². The number of piperidine rings is 1. The van der Waals surface area contributed by atoms with Crippen molar-refractivity contribution >= 4 is 0 Å². The molecule has 3 atom stereocenters. The van der Waals surface area contributed by atoms with Crippen LogP contribution in [0.1, 0.15) is 25.7 Å². The average Bonchev–Trinajstić information content (AvgIpc) is 2.41. The maximum atomic E-state index is 9.50. The van der Waals surface area contributed by atoms with E-state index in [2.05, 4.69) is 11.3 Å². The standard InChI is InChI=1S/C10H19N2O/c11-6-10(13)7-12-8-2-1-3-9(12)5-4-8/h1,8-10,13H,2-7,11H2/t8-,9+,10?. The Hall–Kier alpha value is -0.120. The van der Waals surface area contributed by atoms with Crippen LogP contribution in [0.5, 0.6) is 0 Å². The number of fused-ring (bicyclic) bond motifs is 2. The van der Waals surface area contributed by atoms with E-state index in [-0.39, 0.29) is 6.10 Å². The fourth-order valence-corrected chi connectivity index (χ4v) is 2.62. The van der Waals surface area contributed by atoms with E-state index >= 15 is 0 Å². The van der Waals surface area contributed by atoms with E-state index in [0.717, 1.165) is 6.54 Å². The summed E-state index contributed by atoms with van der Waals surface area (Å²) in [5.74, 6) is 0. The van der Waals surface area contributed by atoms with Crippen molar-refractivity contribution in [2.75, 3.05) is 13.1 Å². The van der Waals surface area contributed by atoms with Gasteiger partial charge in [0.2, 0.25) is 0 Å². The molecule has 3 heteroatoms. The van der Waals surface area contributed by atoms with E-state index in [1.165, 1.54) is 25.7 Å². The molecule has 0 saturated carbocycles. The molecule has 2 saturated heterocycles. The zero-order valence-corrected chi connectivity index (χ0v) is 8.02. The Kier molecular flexibility index (Phi) is 2.86. The molecule has 0 spiro atoms. The molecule has 1 radical (unpaired) electrons. The van der Waals surface area contributed by atoms with Crippen molar-refractivity contribution in [2.24, 2.45) is 5.73 Å². The van der Waals surface area contributed by atoms with Crippen LogP contribution in [0.3, 0.4) is 0 Å². The fourth-order valence-electron chi connectivity index (χ4n) is 2.62. The molecule has 75 valence electrons. The molecule has 2 aliphatic heterocycles. The summed E-state index contributed by atoms with van der Waals surface area (Å²) in [5, 5.41) is 9.50. The van der Waals surface area contributed by atoms with Crippen LogP contribution in [-0.4, -0.2) is 41.3 Å². The Balaban J connectivity index is 1.91. The van der Waals surface area contributed by atoms with Crippen molar-refractivity contribution < 1.29 is 5.11 Å². The lowest BCUT2D eigenvalue weighted by Crippen LogP contribution is -2.45. The Bertz CT molecular complexity index is 158. The van der Waals surface area contributed by atoms with Crippen LogP contribution in [-0.2, 0) is 0 Å². The van der Waals surface area contributed by atoms with Crippen LogP contribution in [0.4, 0.5) is 0 Å². The second-order valence-electron chi connectivity index (χ2n) is 4.23. The first-order valence-electron chi connectivity index (χ1n) is 5.27. The molecule has 2 aliphatic rings. The lowest BCUT2D eigenvalue weighted by atomic mass is 10.0. The van der Waals surface area contributed by atoms with Crippen molar-refractivity contribution in [3.8, 4) is 0 Å². The van der Waals surface area contributed by atoms with Crippen LogP contribution >= 0.6 is 0 Å². The second kappa shape index (κ2) is 3.95. The Morgan fingerprint density at radius 3 is 2.54 bits per heavy atom. The molecule has 2 fully saturated rings. The molecule has 0 aromatic rings. The van der Waals surface area contributed by atoms with Gasteiger partial charge in [-0.05, 0) is 32.1 Å². The van der Waals surface area contributed by atoms with Gasteiger partial charge in [0.25, 0.3) is 0 Å². The summed E-state index contributed by atoms with van der Waals surface area (Å²) in [7, 11) is 0. The number of aliphatic hydroxyl groups excluding tert-OH is 1. The summed E-state index contributed by atoms with van der Waals surface area (Å²) < 4.78 is 0. The minimum absolute atomic E-state index is 0.332. The van der Waals surface area contributed by atoms with Crippen LogP contribution in [0.25, 0.3) is 0 Å². The van der Waals surface area contributed by atoms with Gasteiger partial charge in [-0.2, -0.15) is 0 Å². The molecule has 0 aliphatic carbocycles. The smallest absolute Gasteiger partial charge is 0.0789 e. The molecule has 3 nitrogen and oxygen atoms in total. The highest BCUT2D eigenvalue weighted by Gasteiger charge is 2.36. The molecule has 0 amide bonds. The number of hydrogen-bond donors (Lipinski definition) is 2. The van der Waals surface area contributed by atoms with Gasteiger partial charge in [-0.3, -0.25) is 4.90 Å². The molecule has 3 N–H and O–H groups in total. The quantitative estimate of drug-likeness (QED) is 0.654. The summed E-state index contributed by atoms with van der Waals surface area (Å²) in [6.07, 6.45) is 7.08. The van der Waals surface area contributed by atoms with Crippen LogP contribution in [0.2, 0.25) is 0 Å². The molecule has 2 rings (SSSR count). The van der Waals surface area contributed by atoms with Gasteiger partial charge in [-0.15, -0.1) is 0 Å². The largest absolute Gasteiger partial charge is 0.390 e. The van der Waals surface area contributed by atoms with E-state index in [9.17, 15) is 5.11 Å². The van der Waals surface area contributed by atoms with Gasteiger partial charge in [0.15, 0.2) is 0 Å². The predicted molar refractivity (Wildman–Crippen MR) is 52.1 cm³/mol. The third-order valence-corrected chi connectivity index (χ3v) is 3.34. The molecule has 0 aromatic heterocycles. The molecule has 2 bridgehead atoms. The third-order valence-electron chi connectivity index (χ3n) is 3.34. The summed E-state index contributed by atoms with van der Waals surface area (Å²) in [4.78, 5) is 2.46. The summed E-state index contributed by atoms with van der Waals surface area (Å²) in [6, 6.07) is 1.39. The number of nitrogens with zero attached hydrogens (tertiary/aromatic N) is 1. The average molecular weight is 183 g/mol. The van der Waals surface area contributed by atoms with Crippen LogP contribution < -0.4 is 5.73 Å². The zero-order valence-electron chi connectivity index (χ0n) is 8.02. The second-order valence-corrected chi connectivity index (χ2v) is 4.23. The SMILES string of the molecule is NCC(O)CN1[C@@H]2C[CH]C[C@H]1CC2. The maximum absolute atomic E-state index is 9.50. The predicted octanol–water partition coefficient (Wildman–Crippen LogP) is 0.137. The Morgan fingerprint density at radius 2 is 2.00 bits per heavy atom. The minimum atomic E-state index is -0.332. The lowest BCUT2D eigenvalue weighted by molar-refractivity contribution is 0.0769. The first-order chi connectivity index (χ1) is 6.31. The van der Waals surface area contributed by atoms with Crippen molar-refractivity contribution in [3.63, 3.8) is 0 Å². The third kappa shape index (κ3) is 1.87. The fraction of sp³-hybridized carbons (Fsp3) is 0.900. The van der Waals surface area contributed by atoms with E-state index in [1.807, 2.05) is 0 Å². The molecule has 13 heavy (non-hydrogen) atoms. The highest BCUT2D eigenvalue weighted by atomic mass is 16.3. The van der Waals surface area contributed by atoms with E-state index in [0.29, 0.717) is 18.6 Å².